The lowest BCUT2D eigenvalue weighted by Gasteiger charge is -2.28. The third kappa shape index (κ3) is 6.73. The highest BCUT2D eigenvalue weighted by Gasteiger charge is 2.24. The van der Waals surface area contributed by atoms with Crippen LogP contribution in [-0.2, 0) is 16.0 Å². The second-order valence-electron chi connectivity index (χ2n) is 5.72. The molecule has 1 aromatic rings. The number of hydrogen-bond acceptors (Lipinski definition) is 3. The quantitative estimate of drug-likeness (QED) is 0.697. The second kappa shape index (κ2) is 7.56. The van der Waals surface area contributed by atoms with Gasteiger partial charge in [0, 0.05) is 16.4 Å². The number of carboxylic acids is 1. The van der Waals surface area contributed by atoms with Crippen molar-refractivity contribution in [1.29, 1.82) is 0 Å². The molecular formula is C15H21BrN2O3. The molecule has 0 bridgehead atoms. The third-order valence-corrected chi connectivity index (χ3v) is 3.56. The minimum absolute atomic E-state index is 0.109. The first-order valence-electron chi connectivity index (χ1n) is 6.73. The molecule has 0 spiro atoms. The first-order valence-corrected chi connectivity index (χ1v) is 7.53. The zero-order valence-corrected chi connectivity index (χ0v) is 13.8. The van der Waals surface area contributed by atoms with Crippen molar-refractivity contribution in [2.75, 3.05) is 0 Å². The van der Waals surface area contributed by atoms with Gasteiger partial charge in [-0.25, -0.2) is 0 Å². The van der Waals surface area contributed by atoms with E-state index in [4.69, 9.17) is 10.8 Å². The Hall–Kier alpha value is -1.40. The number of nitrogens with one attached hydrogen (secondary N) is 1. The van der Waals surface area contributed by atoms with Crippen LogP contribution in [0.15, 0.2) is 28.7 Å². The first kappa shape index (κ1) is 17.7. The molecule has 116 valence electrons. The Morgan fingerprint density at radius 2 is 1.90 bits per heavy atom. The molecule has 0 heterocycles. The molecule has 0 aromatic heterocycles. The van der Waals surface area contributed by atoms with Crippen molar-refractivity contribution in [2.45, 2.75) is 44.7 Å². The Kier molecular flexibility index (Phi) is 6.36. The summed E-state index contributed by atoms with van der Waals surface area (Å²) in [5.74, 6) is -1.27. The predicted octanol–water partition coefficient (Wildman–Crippen LogP) is 2.08. The summed E-state index contributed by atoms with van der Waals surface area (Å²) in [6, 6.07) is 7.08. The highest BCUT2D eigenvalue weighted by atomic mass is 79.9. The van der Waals surface area contributed by atoms with E-state index in [2.05, 4.69) is 21.2 Å². The van der Waals surface area contributed by atoms with Crippen LogP contribution in [0, 0.1) is 0 Å². The van der Waals surface area contributed by atoms with Crippen molar-refractivity contribution in [3.63, 3.8) is 0 Å². The molecule has 0 saturated heterocycles. The maximum atomic E-state index is 12.0. The van der Waals surface area contributed by atoms with E-state index in [-0.39, 0.29) is 18.7 Å². The van der Waals surface area contributed by atoms with E-state index in [0.29, 0.717) is 6.42 Å². The molecule has 0 aliphatic rings. The van der Waals surface area contributed by atoms with Gasteiger partial charge < -0.3 is 16.2 Å². The fourth-order valence-electron chi connectivity index (χ4n) is 1.99. The molecule has 1 aromatic carbocycles. The predicted molar refractivity (Wildman–Crippen MR) is 84.9 cm³/mol. The van der Waals surface area contributed by atoms with Crippen LogP contribution in [0.5, 0.6) is 0 Å². The van der Waals surface area contributed by atoms with Crippen molar-refractivity contribution >= 4 is 27.8 Å². The van der Waals surface area contributed by atoms with Gasteiger partial charge in [-0.1, -0.05) is 28.1 Å². The number of carbonyl (C=O) groups is 2. The molecule has 1 atom stereocenters. The molecule has 1 unspecified atom stereocenters. The van der Waals surface area contributed by atoms with Crippen molar-refractivity contribution in [3.05, 3.63) is 34.3 Å². The summed E-state index contributed by atoms with van der Waals surface area (Å²) in [6.07, 6.45) is 0.689. The van der Waals surface area contributed by atoms with E-state index in [0.717, 1.165) is 10.0 Å². The second-order valence-corrected chi connectivity index (χ2v) is 6.63. The van der Waals surface area contributed by atoms with Gasteiger partial charge in [-0.05, 0) is 44.4 Å². The monoisotopic (exact) mass is 356 g/mol. The number of benzene rings is 1. The zero-order valence-electron chi connectivity index (χ0n) is 12.2. The number of rotatable bonds is 7. The normalized spacial score (nSPS) is 12.8. The number of hydrogen-bond donors (Lipinski definition) is 3. The maximum absolute atomic E-state index is 12.0. The molecule has 0 saturated carbocycles. The molecular weight excluding hydrogens is 336 g/mol. The summed E-state index contributed by atoms with van der Waals surface area (Å²) in [5.41, 5.74) is 6.35. The van der Waals surface area contributed by atoms with Gasteiger partial charge in [-0.15, -0.1) is 0 Å². The highest BCUT2D eigenvalue weighted by molar-refractivity contribution is 9.10. The average molecular weight is 357 g/mol. The van der Waals surface area contributed by atoms with Crippen LogP contribution < -0.4 is 11.1 Å². The fraction of sp³-hybridized carbons (Fsp3) is 0.467. The Morgan fingerprint density at radius 1 is 1.33 bits per heavy atom. The van der Waals surface area contributed by atoms with E-state index in [1.807, 2.05) is 38.1 Å². The number of carboxylic acid groups (broad SMARTS) is 1. The number of amides is 1. The van der Waals surface area contributed by atoms with Gasteiger partial charge in [0.25, 0.3) is 0 Å². The summed E-state index contributed by atoms with van der Waals surface area (Å²) in [4.78, 5) is 22.5. The van der Waals surface area contributed by atoms with Crippen LogP contribution in [0.4, 0.5) is 0 Å². The van der Waals surface area contributed by atoms with E-state index >= 15 is 0 Å². The van der Waals surface area contributed by atoms with E-state index in [1.54, 1.807) is 0 Å². The van der Waals surface area contributed by atoms with Gasteiger partial charge in [0.1, 0.15) is 0 Å². The molecule has 0 radical (unpaired) electrons. The largest absolute Gasteiger partial charge is 0.481 e. The van der Waals surface area contributed by atoms with Crippen molar-refractivity contribution < 1.29 is 14.7 Å². The van der Waals surface area contributed by atoms with Gasteiger partial charge in [0.2, 0.25) is 5.91 Å². The molecule has 0 aliphatic heterocycles. The van der Waals surface area contributed by atoms with E-state index in [9.17, 15) is 9.59 Å². The van der Waals surface area contributed by atoms with Crippen LogP contribution in [0.25, 0.3) is 0 Å². The molecule has 6 heteroatoms. The summed E-state index contributed by atoms with van der Waals surface area (Å²) >= 11 is 3.38. The lowest BCUT2D eigenvalue weighted by molar-refractivity contribution is -0.137. The molecule has 4 N–H and O–H groups in total. The molecule has 0 fully saturated rings. The van der Waals surface area contributed by atoms with Gasteiger partial charge in [0.05, 0.1) is 6.04 Å². The molecule has 5 nitrogen and oxygen atoms in total. The number of halogens is 1. The molecule has 1 rings (SSSR count). The van der Waals surface area contributed by atoms with Gasteiger partial charge in [0.15, 0.2) is 0 Å². The van der Waals surface area contributed by atoms with E-state index < -0.39 is 17.6 Å². The Morgan fingerprint density at radius 3 is 2.43 bits per heavy atom. The summed E-state index contributed by atoms with van der Waals surface area (Å²) < 4.78 is 1.00. The minimum Gasteiger partial charge on any atom is -0.481 e. The van der Waals surface area contributed by atoms with Gasteiger partial charge >= 0.3 is 5.97 Å². The molecule has 1 amide bonds. The van der Waals surface area contributed by atoms with Crippen molar-refractivity contribution in [1.82, 2.24) is 5.32 Å². The number of nitrogens with two attached hydrogens (primary N) is 1. The van der Waals surface area contributed by atoms with Crippen molar-refractivity contribution in [3.8, 4) is 0 Å². The topological polar surface area (TPSA) is 92.4 Å². The SMILES string of the molecule is CC(C)(Cc1ccc(Br)cc1)NC(=O)C(N)CCC(=O)O. The lowest BCUT2D eigenvalue weighted by atomic mass is 9.94. The van der Waals surface area contributed by atoms with Crippen LogP contribution in [0.2, 0.25) is 0 Å². The summed E-state index contributed by atoms with van der Waals surface area (Å²) in [6.45, 7) is 3.83. The average Bonchev–Trinajstić information content (AvgIpc) is 2.37. The number of carbonyl (C=O) groups excluding carboxylic acids is 1. The van der Waals surface area contributed by atoms with Crippen LogP contribution >= 0.6 is 15.9 Å². The Labute approximate surface area is 133 Å². The Balaban J connectivity index is 2.56. The number of aliphatic carboxylic acids is 1. The standard InChI is InChI=1S/C15H21BrN2O3/c1-15(2,9-10-3-5-11(16)6-4-10)18-14(21)12(17)7-8-13(19)20/h3-6,12H,7-9,17H2,1-2H3,(H,18,21)(H,19,20). The molecule has 0 aliphatic carbocycles. The third-order valence-electron chi connectivity index (χ3n) is 3.03. The minimum atomic E-state index is -0.952. The smallest absolute Gasteiger partial charge is 0.303 e. The zero-order chi connectivity index (χ0) is 16.0. The van der Waals surface area contributed by atoms with Crippen LogP contribution in [0.1, 0.15) is 32.3 Å². The fourth-order valence-corrected chi connectivity index (χ4v) is 2.26. The molecule has 21 heavy (non-hydrogen) atoms. The van der Waals surface area contributed by atoms with Gasteiger partial charge in [-0.3, -0.25) is 9.59 Å². The van der Waals surface area contributed by atoms with Crippen LogP contribution in [-0.4, -0.2) is 28.6 Å². The van der Waals surface area contributed by atoms with Crippen LogP contribution in [0.3, 0.4) is 0 Å². The lowest BCUT2D eigenvalue weighted by Crippen LogP contribution is -2.51. The summed E-state index contributed by atoms with van der Waals surface area (Å²) in [7, 11) is 0. The van der Waals surface area contributed by atoms with Gasteiger partial charge in [-0.2, -0.15) is 0 Å². The van der Waals surface area contributed by atoms with E-state index in [1.165, 1.54) is 0 Å². The van der Waals surface area contributed by atoms with Crippen molar-refractivity contribution in [2.24, 2.45) is 5.73 Å². The maximum Gasteiger partial charge on any atom is 0.303 e. The summed E-state index contributed by atoms with van der Waals surface area (Å²) in [5, 5.41) is 11.5. The first-order chi connectivity index (χ1) is 9.69. The Bertz CT molecular complexity index is 500. The highest BCUT2D eigenvalue weighted by Crippen LogP contribution is 2.16.